The zero-order valence-corrected chi connectivity index (χ0v) is 24.0. The zero-order chi connectivity index (χ0) is 26.2. The first-order valence-electron chi connectivity index (χ1n) is 11.5. The Morgan fingerprint density at radius 1 is 0.784 bits per heavy atom. The Labute approximate surface area is 242 Å². The molecule has 0 fully saturated rings. The van der Waals surface area contributed by atoms with Crippen LogP contribution in [0.5, 0.6) is 5.75 Å². The van der Waals surface area contributed by atoms with Crippen LogP contribution in [0.25, 0.3) is 0 Å². The smallest absolute Gasteiger partial charge is 0.408 e. The van der Waals surface area contributed by atoms with Gasteiger partial charge in [-0.15, -0.1) is 0 Å². The van der Waals surface area contributed by atoms with Crippen molar-refractivity contribution >= 4 is 68.6 Å². The number of phenols is 1. The highest BCUT2D eigenvalue weighted by atomic mass is 127. The molecule has 8 heteroatoms. The van der Waals surface area contributed by atoms with E-state index in [9.17, 15) is 14.7 Å². The molecule has 4 rings (SSSR count). The zero-order valence-electron chi connectivity index (χ0n) is 19.7. The van der Waals surface area contributed by atoms with Crippen LogP contribution < -0.4 is 10.2 Å². The lowest BCUT2D eigenvalue weighted by atomic mass is 10.0. The minimum Gasteiger partial charge on any atom is -0.506 e. The Hall–Kier alpha value is -3.12. The fourth-order valence-corrected chi connectivity index (χ4v) is 5.69. The van der Waals surface area contributed by atoms with Gasteiger partial charge in [0.1, 0.15) is 18.4 Å². The third-order valence-corrected chi connectivity index (χ3v) is 7.21. The van der Waals surface area contributed by atoms with Gasteiger partial charge in [0.2, 0.25) is 0 Å². The van der Waals surface area contributed by atoms with Crippen LogP contribution in [0.1, 0.15) is 11.1 Å². The van der Waals surface area contributed by atoms with Crippen LogP contribution in [0.4, 0.5) is 16.2 Å². The molecule has 4 aromatic rings. The van der Waals surface area contributed by atoms with Crippen molar-refractivity contribution in [1.29, 1.82) is 0 Å². The average molecular weight is 718 g/mol. The number of para-hydroxylation sites is 2. The summed E-state index contributed by atoms with van der Waals surface area (Å²) in [6.45, 7) is 0.0870. The number of nitrogens with zero attached hydrogens (tertiary/aromatic N) is 1. The molecule has 6 nitrogen and oxygen atoms in total. The third-order valence-electron chi connectivity index (χ3n) is 5.57. The molecular weight excluding hydrogens is 694 g/mol. The van der Waals surface area contributed by atoms with Crippen molar-refractivity contribution in [3.8, 4) is 5.75 Å². The van der Waals surface area contributed by atoms with Crippen LogP contribution in [0.15, 0.2) is 103 Å². The summed E-state index contributed by atoms with van der Waals surface area (Å²) < 4.78 is 6.77. The Balaban J connectivity index is 1.65. The van der Waals surface area contributed by atoms with Crippen molar-refractivity contribution < 1.29 is 19.4 Å². The first kappa shape index (κ1) is 26.9. The molecule has 0 saturated carbocycles. The van der Waals surface area contributed by atoms with Crippen molar-refractivity contribution in [2.45, 2.75) is 19.1 Å². The minimum absolute atomic E-state index is 0.0870. The molecule has 0 saturated heterocycles. The average Bonchev–Trinajstić information content (AvgIpc) is 2.92. The van der Waals surface area contributed by atoms with Gasteiger partial charge in [0.15, 0.2) is 0 Å². The summed E-state index contributed by atoms with van der Waals surface area (Å²) >= 11 is 4.11. The summed E-state index contributed by atoms with van der Waals surface area (Å²) in [7, 11) is 0. The molecule has 0 aliphatic heterocycles. The third kappa shape index (κ3) is 7.22. The van der Waals surface area contributed by atoms with Crippen LogP contribution in [0.3, 0.4) is 0 Å². The second-order valence-corrected chi connectivity index (χ2v) is 10.5. The van der Waals surface area contributed by atoms with Gasteiger partial charge in [-0.1, -0.05) is 66.7 Å². The number of hydrogen-bond acceptors (Lipinski definition) is 4. The van der Waals surface area contributed by atoms with E-state index >= 15 is 0 Å². The van der Waals surface area contributed by atoms with Crippen molar-refractivity contribution in [2.75, 3.05) is 4.90 Å². The maximum atomic E-state index is 14.1. The summed E-state index contributed by atoms with van der Waals surface area (Å²) in [4.78, 5) is 28.6. The first-order valence-corrected chi connectivity index (χ1v) is 13.7. The molecule has 1 atom stereocenters. The number of benzene rings is 4. The highest BCUT2D eigenvalue weighted by molar-refractivity contribution is 14.1. The van der Waals surface area contributed by atoms with E-state index in [2.05, 4.69) is 50.5 Å². The highest BCUT2D eigenvalue weighted by Gasteiger charge is 2.29. The van der Waals surface area contributed by atoms with Gasteiger partial charge in [0.25, 0.3) is 5.91 Å². The van der Waals surface area contributed by atoms with Gasteiger partial charge in [0, 0.05) is 17.8 Å². The number of phenolic OH excluding ortho intramolecular Hbond substituents is 1. The van der Waals surface area contributed by atoms with E-state index in [-0.39, 0.29) is 24.7 Å². The normalized spacial score (nSPS) is 11.4. The van der Waals surface area contributed by atoms with Crippen molar-refractivity contribution in [1.82, 2.24) is 5.32 Å². The number of rotatable bonds is 8. The molecule has 0 aromatic heterocycles. The van der Waals surface area contributed by atoms with E-state index in [1.165, 1.54) is 0 Å². The lowest BCUT2D eigenvalue weighted by Crippen LogP contribution is -2.48. The SMILES string of the molecule is O=C(N[C@H](Cc1cc(I)c(O)c(I)c1)C(=O)N(c1ccccc1)c1ccccc1)OCc1ccccc1. The topological polar surface area (TPSA) is 78.9 Å². The van der Waals surface area contributed by atoms with E-state index in [0.29, 0.717) is 18.5 Å². The molecular formula is C29H24I2N2O4. The monoisotopic (exact) mass is 718 g/mol. The van der Waals surface area contributed by atoms with E-state index in [1.54, 1.807) is 4.90 Å². The van der Waals surface area contributed by atoms with Gasteiger partial charge in [-0.05, 0) is 92.7 Å². The molecule has 4 aromatic carbocycles. The number of halogens is 2. The van der Waals surface area contributed by atoms with Gasteiger partial charge in [-0.3, -0.25) is 9.69 Å². The maximum Gasteiger partial charge on any atom is 0.408 e. The quantitative estimate of drug-likeness (QED) is 0.197. The molecule has 0 bridgehead atoms. The number of ether oxygens (including phenoxy) is 1. The van der Waals surface area contributed by atoms with Crippen LogP contribution in [-0.4, -0.2) is 23.1 Å². The molecule has 0 heterocycles. The standard InChI is InChI=1S/C29H24I2N2O4/c30-24-16-21(17-25(31)27(24)34)18-26(32-29(36)37-19-20-10-4-1-5-11-20)28(35)33(22-12-6-2-7-13-22)23-14-8-3-9-15-23/h1-17,26,34H,18-19H2,(H,32,36)/t26-/m1/s1. The van der Waals surface area contributed by atoms with Crippen molar-refractivity contribution in [2.24, 2.45) is 0 Å². The van der Waals surface area contributed by atoms with E-state index < -0.39 is 12.1 Å². The van der Waals surface area contributed by atoms with Gasteiger partial charge in [-0.25, -0.2) is 4.79 Å². The lowest BCUT2D eigenvalue weighted by Gasteiger charge is -2.28. The highest BCUT2D eigenvalue weighted by Crippen LogP contribution is 2.30. The summed E-state index contributed by atoms with van der Waals surface area (Å²) in [5.41, 5.74) is 3.00. The van der Waals surface area contributed by atoms with Crippen LogP contribution in [0.2, 0.25) is 0 Å². The summed E-state index contributed by atoms with van der Waals surface area (Å²) in [6, 6.07) is 30.7. The predicted octanol–water partition coefficient (Wildman–Crippen LogP) is 6.80. The molecule has 37 heavy (non-hydrogen) atoms. The first-order chi connectivity index (χ1) is 17.9. The van der Waals surface area contributed by atoms with Crippen molar-refractivity contribution in [3.05, 3.63) is 121 Å². The molecule has 2 N–H and O–H groups in total. The Bertz CT molecular complexity index is 1290. The van der Waals surface area contributed by atoms with E-state index in [1.807, 2.05) is 103 Å². The molecule has 188 valence electrons. The molecule has 0 aliphatic rings. The number of amides is 2. The molecule has 0 aliphatic carbocycles. The number of carbonyl (C=O) groups is 2. The number of anilines is 2. The number of alkyl carbamates (subject to hydrolysis) is 1. The van der Waals surface area contributed by atoms with Crippen LogP contribution in [-0.2, 0) is 22.6 Å². The summed E-state index contributed by atoms with van der Waals surface area (Å²) in [5.74, 6) is -0.120. The van der Waals surface area contributed by atoms with Gasteiger partial charge in [0.05, 0.1) is 7.14 Å². The number of nitrogens with one attached hydrogen (secondary N) is 1. The van der Waals surface area contributed by atoms with Gasteiger partial charge in [-0.2, -0.15) is 0 Å². The van der Waals surface area contributed by atoms with E-state index in [0.717, 1.165) is 11.1 Å². The maximum absolute atomic E-state index is 14.1. The summed E-state index contributed by atoms with van der Waals surface area (Å²) in [6.07, 6.45) is -0.478. The predicted molar refractivity (Wildman–Crippen MR) is 161 cm³/mol. The molecule has 0 spiro atoms. The second-order valence-electron chi connectivity index (χ2n) is 8.22. The molecule has 2 amide bonds. The summed E-state index contributed by atoms with van der Waals surface area (Å²) in [5, 5.41) is 13.0. The Morgan fingerprint density at radius 2 is 1.27 bits per heavy atom. The Kier molecular flexibility index (Phi) is 9.40. The van der Waals surface area contributed by atoms with Crippen LogP contribution >= 0.6 is 45.2 Å². The number of hydrogen-bond donors (Lipinski definition) is 2. The van der Waals surface area contributed by atoms with Crippen LogP contribution in [0, 0.1) is 7.14 Å². The lowest BCUT2D eigenvalue weighted by molar-refractivity contribution is -0.119. The molecule has 0 radical (unpaired) electrons. The Morgan fingerprint density at radius 3 is 1.78 bits per heavy atom. The van der Waals surface area contributed by atoms with Gasteiger partial charge >= 0.3 is 6.09 Å². The largest absolute Gasteiger partial charge is 0.506 e. The fourth-order valence-electron chi connectivity index (χ4n) is 3.79. The minimum atomic E-state index is -0.931. The number of aromatic hydroxyl groups is 1. The number of carbonyl (C=O) groups excluding carboxylic acids is 2. The second kappa shape index (κ2) is 12.9. The van der Waals surface area contributed by atoms with E-state index in [4.69, 9.17) is 4.74 Å². The van der Waals surface area contributed by atoms with Crippen molar-refractivity contribution in [3.63, 3.8) is 0 Å². The fraction of sp³-hybridized carbons (Fsp3) is 0.103. The molecule has 0 unspecified atom stereocenters. The van der Waals surface area contributed by atoms with Gasteiger partial charge < -0.3 is 15.2 Å².